The van der Waals surface area contributed by atoms with Gasteiger partial charge in [-0.25, -0.2) is 4.79 Å². The first-order chi connectivity index (χ1) is 15.2. The van der Waals surface area contributed by atoms with Crippen molar-refractivity contribution < 1.29 is 49.3 Å². The van der Waals surface area contributed by atoms with Crippen molar-refractivity contribution in [1.82, 2.24) is 0 Å². The van der Waals surface area contributed by atoms with Crippen LogP contribution in [0.15, 0.2) is 51.7 Å². The molecule has 3 aromatic rings. The number of hydrogen-bond acceptors (Lipinski definition) is 10. The fourth-order valence-electron chi connectivity index (χ4n) is 3.35. The third-order valence-corrected chi connectivity index (χ3v) is 5.05. The largest absolute Gasteiger partial charge is 0.504 e. The molecule has 0 spiro atoms. The van der Waals surface area contributed by atoms with E-state index in [-0.39, 0.29) is 28.0 Å². The molecular formula is C21H18O11. The highest BCUT2D eigenvalue weighted by atomic mass is 16.7. The van der Waals surface area contributed by atoms with E-state index in [1.54, 1.807) is 12.1 Å². The molecule has 0 unspecified atom stereocenters. The Balaban J connectivity index is 1.71. The van der Waals surface area contributed by atoms with Crippen LogP contribution in [-0.4, -0.2) is 67.3 Å². The van der Waals surface area contributed by atoms with Crippen molar-refractivity contribution in [1.29, 1.82) is 0 Å². The Hall–Kier alpha value is -3.64. The molecule has 1 aliphatic rings. The first-order valence-electron chi connectivity index (χ1n) is 9.36. The van der Waals surface area contributed by atoms with Crippen molar-refractivity contribution in [3.8, 4) is 28.6 Å². The fourth-order valence-corrected chi connectivity index (χ4v) is 3.35. The minimum Gasteiger partial charge on any atom is -0.504 e. The lowest BCUT2D eigenvalue weighted by molar-refractivity contribution is -0.271. The SMILES string of the molecule is O=C(O)[C@@H]1O[C@H](Oc2cc(-c3oc4ccccc4c(=O)c3O)ccc2O)[C@@H](O)[C@H](O)[C@H]1O. The lowest BCUT2D eigenvalue weighted by Gasteiger charge is -2.38. The van der Waals surface area contributed by atoms with Crippen LogP contribution >= 0.6 is 0 Å². The molecule has 2 aromatic carbocycles. The highest BCUT2D eigenvalue weighted by molar-refractivity contribution is 5.82. The highest BCUT2D eigenvalue weighted by Crippen LogP contribution is 2.37. The van der Waals surface area contributed by atoms with Gasteiger partial charge in [-0.2, -0.15) is 0 Å². The molecule has 0 amide bonds. The molecule has 32 heavy (non-hydrogen) atoms. The van der Waals surface area contributed by atoms with Crippen LogP contribution in [0.4, 0.5) is 0 Å². The van der Waals surface area contributed by atoms with E-state index >= 15 is 0 Å². The van der Waals surface area contributed by atoms with E-state index in [1.165, 1.54) is 18.2 Å². The van der Waals surface area contributed by atoms with Crippen LogP contribution in [0, 0.1) is 0 Å². The zero-order valence-corrected chi connectivity index (χ0v) is 16.2. The number of phenols is 1. The lowest BCUT2D eigenvalue weighted by Crippen LogP contribution is -2.61. The van der Waals surface area contributed by atoms with Crippen molar-refractivity contribution in [2.75, 3.05) is 0 Å². The van der Waals surface area contributed by atoms with Gasteiger partial charge in [0.25, 0.3) is 0 Å². The average Bonchev–Trinajstić information content (AvgIpc) is 2.77. The topological polar surface area (TPSA) is 187 Å². The maximum Gasteiger partial charge on any atom is 0.335 e. The molecule has 1 fully saturated rings. The molecule has 11 nitrogen and oxygen atoms in total. The number of aliphatic hydroxyl groups excluding tert-OH is 3. The Morgan fingerprint density at radius 3 is 2.41 bits per heavy atom. The molecule has 1 aromatic heterocycles. The number of fused-ring (bicyclic) bond motifs is 1. The molecule has 168 valence electrons. The number of carboxylic acids is 1. The van der Waals surface area contributed by atoms with Gasteiger partial charge in [-0.15, -0.1) is 0 Å². The van der Waals surface area contributed by atoms with Crippen molar-refractivity contribution in [3.05, 3.63) is 52.7 Å². The number of benzene rings is 2. The highest BCUT2D eigenvalue weighted by Gasteiger charge is 2.48. The Kier molecular flexibility index (Phi) is 5.48. The van der Waals surface area contributed by atoms with Gasteiger partial charge in [-0.05, 0) is 30.3 Å². The zero-order valence-electron chi connectivity index (χ0n) is 16.2. The van der Waals surface area contributed by atoms with Crippen molar-refractivity contribution in [3.63, 3.8) is 0 Å². The summed E-state index contributed by atoms with van der Waals surface area (Å²) in [5.74, 6) is -3.30. The second kappa shape index (κ2) is 8.13. The summed E-state index contributed by atoms with van der Waals surface area (Å²) in [4.78, 5) is 23.7. The van der Waals surface area contributed by atoms with Crippen molar-refractivity contribution in [2.24, 2.45) is 0 Å². The third kappa shape index (κ3) is 3.63. The number of carboxylic acid groups (broad SMARTS) is 1. The molecule has 1 aliphatic heterocycles. The van der Waals surface area contributed by atoms with Gasteiger partial charge in [-0.1, -0.05) is 12.1 Å². The lowest BCUT2D eigenvalue weighted by atomic mass is 9.99. The number of para-hydroxylation sites is 1. The van der Waals surface area contributed by atoms with Crippen LogP contribution in [0.2, 0.25) is 0 Å². The Labute approximate surface area is 178 Å². The van der Waals surface area contributed by atoms with E-state index < -0.39 is 53.6 Å². The van der Waals surface area contributed by atoms with E-state index in [2.05, 4.69) is 0 Å². The maximum atomic E-state index is 12.5. The number of ether oxygens (including phenoxy) is 2. The standard InChI is InChI=1S/C21H18O11/c22-10-6-5-8(18-15(25)13(23)9-3-1-2-4-11(9)30-18)7-12(10)31-21-17(27)14(24)16(26)19(32-21)20(28)29/h1-7,14,16-17,19,21-22,24-27H,(H,28,29)/t14-,16-,17+,19-,21+/m1/s1. The molecule has 0 aliphatic carbocycles. The van der Waals surface area contributed by atoms with E-state index in [1.807, 2.05) is 0 Å². The summed E-state index contributed by atoms with van der Waals surface area (Å²) >= 11 is 0. The van der Waals surface area contributed by atoms with Crippen LogP contribution in [-0.2, 0) is 9.53 Å². The Bertz CT molecular complexity index is 1230. The number of phenolic OH excluding ortho intramolecular Hbond substituents is 1. The summed E-state index contributed by atoms with van der Waals surface area (Å²) in [5.41, 5.74) is -0.364. The first kappa shape index (κ1) is 21.6. The van der Waals surface area contributed by atoms with Crippen molar-refractivity contribution >= 4 is 16.9 Å². The van der Waals surface area contributed by atoms with Crippen LogP contribution in [0.3, 0.4) is 0 Å². The molecule has 6 N–H and O–H groups in total. The summed E-state index contributed by atoms with van der Waals surface area (Å²) in [6.07, 6.45) is -9.33. The number of aromatic hydroxyl groups is 2. The Morgan fingerprint density at radius 2 is 1.69 bits per heavy atom. The van der Waals surface area contributed by atoms with Crippen LogP contribution < -0.4 is 10.2 Å². The summed E-state index contributed by atoms with van der Waals surface area (Å²) in [6.45, 7) is 0. The van der Waals surface area contributed by atoms with Gasteiger partial charge in [0.15, 0.2) is 23.4 Å². The van der Waals surface area contributed by atoms with E-state index in [0.717, 1.165) is 12.1 Å². The summed E-state index contributed by atoms with van der Waals surface area (Å²) < 4.78 is 16.0. The van der Waals surface area contributed by atoms with Gasteiger partial charge in [0.1, 0.15) is 23.9 Å². The smallest absolute Gasteiger partial charge is 0.335 e. The van der Waals surface area contributed by atoms with Gasteiger partial charge in [-0.3, -0.25) is 4.79 Å². The molecular weight excluding hydrogens is 428 g/mol. The van der Waals surface area contributed by atoms with Gasteiger partial charge in [0, 0.05) is 5.56 Å². The molecule has 0 saturated carbocycles. The average molecular weight is 446 g/mol. The van der Waals surface area contributed by atoms with Gasteiger partial charge < -0.3 is 44.5 Å². The number of rotatable bonds is 4. The Morgan fingerprint density at radius 1 is 0.969 bits per heavy atom. The fraction of sp³-hybridized carbons (Fsp3) is 0.238. The molecule has 5 atom stereocenters. The minimum absolute atomic E-state index is 0.110. The zero-order chi connectivity index (χ0) is 23.2. The predicted molar refractivity (Wildman–Crippen MR) is 106 cm³/mol. The molecule has 4 rings (SSSR count). The van der Waals surface area contributed by atoms with E-state index in [4.69, 9.17) is 19.0 Å². The van der Waals surface area contributed by atoms with E-state index in [0.29, 0.717) is 0 Å². The second-order valence-corrected chi connectivity index (χ2v) is 7.14. The van der Waals surface area contributed by atoms with Crippen LogP contribution in [0.1, 0.15) is 0 Å². The minimum atomic E-state index is -1.91. The molecule has 0 radical (unpaired) electrons. The number of aliphatic carboxylic acids is 1. The summed E-state index contributed by atoms with van der Waals surface area (Å²) in [6, 6.07) is 9.89. The predicted octanol–water partition coefficient (Wildman–Crippen LogP) is 0.142. The van der Waals surface area contributed by atoms with Crippen LogP contribution in [0.5, 0.6) is 17.2 Å². The van der Waals surface area contributed by atoms with Gasteiger partial charge in [0.2, 0.25) is 17.5 Å². The number of carbonyl (C=O) groups is 1. The normalized spacial score (nSPS) is 25.5. The molecule has 0 bridgehead atoms. The monoisotopic (exact) mass is 446 g/mol. The summed E-state index contributed by atoms with van der Waals surface area (Å²) in [7, 11) is 0. The molecule has 2 heterocycles. The molecule has 1 saturated heterocycles. The summed E-state index contributed by atoms with van der Waals surface area (Å²) in [5, 5.41) is 59.6. The quantitative estimate of drug-likeness (QED) is 0.320. The first-order valence-corrected chi connectivity index (χ1v) is 9.36. The third-order valence-electron chi connectivity index (χ3n) is 5.05. The maximum absolute atomic E-state index is 12.5. The van der Waals surface area contributed by atoms with E-state index in [9.17, 15) is 35.1 Å². The van der Waals surface area contributed by atoms with Crippen molar-refractivity contribution in [2.45, 2.75) is 30.7 Å². The van der Waals surface area contributed by atoms with Gasteiger partial charge in [0.05, 0.1) is 5.39 Å². The molecule has 11 heteroatoms. The van der Waals surface area contributed by atoms with Crippen LogP contribution in [0.25, 0.3) is 22.3 Å². The number of hydrogen-bond donors (Lipinski definition) is 6. The number of aliphatic hydroxyl groups is 3. The van der Waals surface area contributed by atoms with Gasteiger partial charge >= 0.3 is 5.97 Å². The second-order valence-electron chi connectivity index (χ2n) is 7.14.